The molecule has 0 aromatic carbocycles. The maximum absolute atomic E-state index is 5.67. The third-order valence-electron chi connectivity index (χ3n) is 4.54. The summed E-state index contributed by atoms with van der Waals surface area (Å²) >= 11 is 0. The molecule has 1 aromatic heterocycles. The van der Waals surface area contributed by atoms with Crippen LogP contribution in [0.3, 0.4) is 0 Å². The molecule has 24 heavy (non-hydrogen) atoms. The number of guanidine groups is 1. The normalized spacial score (nSPS) is 21.5. The molecule has 2 saturated heterocycles. The predicted molar refractivity (Wildman–Crippen MR) is 108 cm³/mol. The number of aliphatic imine (C=N–C) groups is 1. The van der Waals surface area contributed by atoms with Gasteiger partial charge < -0.3 is 19.9 Å². The number of piperazine rings is 1. The topological polar surface area (TPSA) is 53.0 Å². The number of hydrogen-bond acceptors (Lipinski definition) is 4. The van der Waals surface area contributed by atoms with Gasteiger partial charge in [0.2, 0.25) is 0 Å². The Morgan fingerprint density at radius 2 is 2.17 bits per heavy atom. The number of hydrogen-bond donors (Lipinski definition) is 1. The lowest BCUT2D eigenvalue weighted by Crippen LogP contribution is -2.53. The van der Waals surface area contributed by atoms with Crippen molar-refractivity contribution in [1.29, 1.82) is 0 Å². The van der Waals surface area contributed by atoms with Gasteiger partial charge in [0.1, 0.15) is 5.82 Å². The van der Waals surface area contributed by atoms with Crippen molar-refractivity contribution in [3.63, 3.8) is 0 Å². The summed E-state index contributed by atoms with van der Waals surface area (Å²) in [5, 5.41) is 3.48. The Labute approximate surface area is 161 Å². The second-order valence-corrected chi connectivity index (χ2v) is 6.06. The summed E-state index contributed by atoms with van der Waals surface area (Å²) in [6.07, 6.45) is 5.75. The van der Waals surface area contributed by atoms with E-state index in [1.54, 1.807) is 0 Å². The second kappa shape index (κ2) is 10.0. The summed E-state index contributed by atoms with van der Waals surface area (Å²) in [7, 11) is 1.86. The summed E-state index contributed by atoms with van der Waals surface area (Å²) in [5.41, 5.74) is 0. The van der Waals surface area contributed by atoms with Gasteiger partial charge in [-0.3, -0.25) is 4.99 Å². The average Bonchev–Trinajstić information content (AvgIpc) is 3.13. The first-order chi connectivity index (χ1) is 11.4. The minimum absolute atomic E-state index is 0. The number of nitrogens with zero attached hydrogens (tertiary/aromatic N) is 4. The molecule has 0 saturated carbocycles. The fraction of sp³-hybridized carbons (Fsp3) is 0.647. The lowest BCUT2D eigenvalue weighted by atomic mass is 10.2. The van der Waals surface area contributed by atoms with Crippen LogP contribution in [0.1, 0.15) is 19.3 Å². The zero-order valence-electron chi connectivity index (χ0n) is 14.4. The molecule has 6 nitrogen and oxygen atoms in total. The molecule has 1 N–H and O–H groups in total. The van der Waals surface area contributed by atoms with Crippen molar-refractivity contribution in [2.45, 2.75) is 25.4 Å². The SMILES string of the molecule is CN=C(NCCC1CCCO1)N1CCN(c2ccccn2)CC1.I. The molecule has 7 heteroatoms. The van der Waals surface area contributed by atoms with Crippen molar-refractivity contribution in [2.75, 3.05) is 51.3 Å². The Balaban J connectivity index is 0.00000208. The van der Waals surface area contributed by atoms with Crippen LogP contribution in [0.5, 0.6) is 0 Å². The van der Waals surface area contributed by atoms with Gasteiger partial charge in [-0.15, -0.1) is 24.0 Å². The standard InChI is InChI=1S/C17H27N5O.HI/c1-18-17(20-9-7-15-5-4-14-23-15)22-12-10-21(11-13-22)16-6-2-3-8-19-16;/h2-3,6,8,15H,4-5,7,9-14H2,1H3,(H,18,20);1H. The van der Waals surface area contributed by atoms with Crippen LogP contribution in [-0.4, -0.2) is 68.3 Å². The first-order valence-corrected chi connectivity index (χ1v) is 8.60. The van der Waals surface area contributed by atoms with Crippen molar-refractivity contribution in [3.8, 4) is 0 Å². The zero-order chi connectivity index (χ0) is 15.9. The van der Waals surface area contributed by atoms with Gasteiger partial charge in [0.15, 0.2) is 5.96 Å². The van der Waals surface area contributed by atoms with Crippen molar-refractivity contribution in [1.82, 2.24) is 15.2 Å². The van der Waals surface area contributed by atoms with Crippen LogP contribution in [0, 0.1) is 0 Å². The molecule has 3 rings (SSSR count). The number of rotatable bonds is 4. The molecule has 1 unspecified atom stereocenters. The molecule has 0 amide bonds. The van der Waals surface area contributed by atoms with Crippen LogP contribution in [0.15, 0.2) is 29.4 Å². The van der Waals surface area contributed by atoms with Crippen LogP contribution in [0.2, 0.25) is 0 Å². The van der Waals surface area contributed by atoms with E-state index in [2.05, 4.69) is 31.2 Å². The lowest BCUT2D eigenvalue weighted by Gasteiger charge is -2.37. The van der Waals surface area contributed by atoms with E-state index in [-0.39, 0.29) is 24.0 Å². The van der Waals surface area contributed by atoms with Crippen LogP contribution in [-0.2, 0) is 4.74 Å². The van der Waals surface area contributed by atoms with Crippen molar-refractivity contribution < 1.29 is 4.74 Å². The fourth-order valence-electron chi connectivity index (χ4n) is 3.24. The van der Waals surface area contributed by atoms with Crippen molar-refractivity contribution in [2.24, 2.45) is 4.99 Å². The number of halogens is 1. The van der Waals surface area contributed by atoms with Gasteiger partial charge in [-0.1, -0.05) is 6.07 Å². The maximum Gasteiger partial charge on any atom is 0.193 e. The Bertz CT molecular complexity index is 499. The van der Waals surface area contributed by atoms with E-state index >= 15 is 0 Å². The van der Waals surface area contributed by atoms with Gasteiger partial charge in [0.25, 0.3) is 0 Å². The molecule has 0 radical (unpaired) electrons. The Morgan fingerprint density at radius 1 is 1.33 bits per heavy atom. The number of anilines is 1. The Morgan fingerprint density at radius 3 is 2.79 bits per heavy atom. The van der Waals surface area contributed by atoms with E-state index < -0.39 is 0 Å². The largest absolute Gasteiger partial charge is 0.378 e. The quantitative estimate of drug-likeness (QED) is 0.437. The monoisotopic (exact) mass is 445 g/mol. The Hall–Kier alpha value is -1.09. The molecule has 1 atom stereocenters. The van der Waals surface area contributed by atoms with E-state index in [4.69, 9.17) is 4.74 Å². The zero-order valence-corrected chi connectivity index (χ0v) is 16.7. The van der Waals surface area contributed by atoms with E-state index in [1.165, 1.54) is 12.8 Å². The van der Waals surface area contributed by atoms with E-state index in [9.17, 15) is 0 Å². The highest BCUT2D eigenvalue weighted by molar-refractivity contribution is 14.0. The molecule has 134 valence electrons. The van der Waals surface area contributed by atoms with Crippen molar-refractivity contribution in [3.05, 3.63) is 24.4 Å². The number of pyridine rings is 1. The van der Waals surface area contributed by atoms with Crippen LogP contribution < -0.4 is 10.2 Å². The highest BCUT2D eigenvalue weighted by Gasteiger charge is 2.21. The number of aromatic nitrogens is 1. The highest BCUT2D eigenvalue weighted by Crippen LogP contribution is 2.15. The average molecular weight is 445 g/mol. The first-order valence-electron chi connectivity index (χ1n) is 8.60. The number of ether oxygens (including phenoxy) is 1. The molecule has 0 bridgehead atoms. The lowest BCUT2D eigenvalue weighted by molar-refractivity contribution is 0.105. The maximum atomic E-state index is 5.67. The Kier molecular flexibility index (Phi) is 8.04. The van der Waals surface area contributed by atoms with E-state index in [0.29, 0.717) is 6.10 Å². The summed E-state index contributed by atoms with van der Waals surface area (Å²) in [6, 6.07) is 6.07. The fourth-order valence-corrected chi connectivity index (χ4v) is 3.24. The van der Waals surface area contributed by atoms with E-state index in [0.717, 1.165) is 57.5 Å². The summed E-state index contributed by atoms with van der Waals surface area (Å²) in [5.74, 6) is 2.07. The third-order valence-corrected chi connectivity index (χ3v) is 4.54. The molecular formula is C17H28IN5O. The number of nitrogens with one attached hydrogen (secondary N) is 1. The van der Waals surface area contributed by atoms with Gasteiger partial charge >= 0.3 is 0 Å². The molecule has 3 heterocycles. The van der Waals surface area contributed by atoms with E-state index in [1.807, 2.05) is 25.4 Å². The summed E-state index contributed by atoms with van der Waals surface area (Å²) in [4.78, 5) is 13.5. The minimum Gasteiger partial charge on any atom is -0.378 e. The first kappa shape index (κ1) is 19.2. The van der Waals surface area contributed by atoms with Crippen LogP contribution >= 0.6 is 24.0 Å². The van der Waals surface area contributed by atoms with Gasteiger partial charge in [0.05, 0.1) is 6.10 Å². The molecule has 2 fully saturated rings. The summed E-state index contributed by atoms with van der Waals surface area (Å²) in [6.45, 7) is 5.74. The molecule has 2 aliphatic rings. The minimum atomic E-state index is 0. The highest BCUT2D eigenvalue weighted by atomic mass is 127. The molecule has 1 aromatic rings. The van der Waals surface area contributed by atoms with Gasteiger partial charge in [-0.25, -0.2) is 4.98 Å². The molecular weight excluding hydrogens is 417 g/mol. The molecule has 2 aliphatic heterocycles. The third kappa shape index (κ3) is 5.20. The summed E-state index contributed by atoms with van der Waals surface area (Å²) < 4.78 is 5.67. The van der Waals surface area contributed by atoms with Crippen LogP contribution in [0.4, 0.5) is 5.82 Å². The molecule has 0 aliphatic carbocycles. The second-order valence-electron chi connectivity index (χ2n) is 6.06. The van der Waals surface area contributed by atoms with Gasteiger partial charge in [-0.05, 0) is 31.4 Å². The van der Waals surface area contributed by atoms with Gasteiger partial charge in [0, 0.05) is 52.6 Å². The van der Waals surface area contributed by atoms with Gasteiger partial charge in [-0.2, -0.15) is 0 Å². The van der Waals surface area contributed by atoms with Crippen molar-refractivity contribution >= 4 is 35.8 Å². The predicted octanol–water partition coefficient (Wildman–Crippen LogP) is 1.97. The molecule has 0 spiro atoms. The smallest absolute Gasteiger partial charge is 0.193 e. The van der Waals surface area contributed by atoms with Crippen LogP contribution in [0.25, 0.3) is 0 Å².